The van der Waals surface area contributed by atoms with Gasteiger partial charge in [-0.25, -0.2) is 0 Å². The highest BCUT2D eigenvalue weighted by Gasteiger charge is 2.28. The Hall–Kier alpha value is -1.10. The van der Waals surface area contributed by atoms with Crippen molar-refractivity contribution in [1.29, 1.82) is 0 Å². The van der Waals surface area contributed by atoms with Crippen molar-refractivity contribution in [2.45, 2.75) is 26.0 Å². The number of nitrogens with one attached hydrogen (secondary N) is 1. The van der Waals surface area contributed by atoms with E-state index in [0.29, 0.717) is 12.6 Å². The molecule has 1 N–H and O–H groups in total. The molecule has 0 bridgehead atoms. The van der Waals surface area contributed by atoms with Crippen LogP contribution in [0.25, 0.3) is 0 Å². The van der Waals surface area contributed by atoms with Crippen molar-refractivity contribution in [3.63, 3.8) is 0 Å². The average Bonchev–Trinajstić information content (AvgIpc) is 2.45. The van der Waals surface area contributed by atoms with Gasteiger partial charge in [0.25, 0.3) is 5.91 Å². The summed E-state index contributed by atoms with van der Waals surface area (Å²) in [6.45, 7) is 6.89. The summed E-state index contributed by atoms with van der Waals surface area (Å²) in [7, 11) is 0. The fourth-order valence-electron chi connectivity index (χ4n) is 2.40. The van der Waals surface area contributed by atoms with E-state index in [-0.39, 0.29) is 18.3 Å². The van der Waals surface area contributed by atoms with Crippen LogP contribution in [0.3, 0.4) is 0 Å². The molecular formula is C15H23ClN2O2. The highest BCUT2D eigenvalue weighted by molar-refractivity contribution is 5.85. The van der Waals surface area contributed by atoms with Crippen LogP contribution in [0.1, 0.15) is 25.5 Å². The highest BCUT2D eigenvalue weighted by atomic mass is 35.5. The molecule has 1 aliphatic heterocycles. The van der Waals surface area contributed by atoms with Crippen molar-refractivity contribution in [2.24, 2.45) is 0 Å². The molecule has 0 spiro atoms. The van der Waals surface area contributed by atoms with Crippen molar-refractivity contribution >= 4 is 18.3 Å². The molecular weight excluding hydrogens is 276 g/mol. The first-order valence-corrected chi connectivity index (χ1v) is 6.91. The summed E-state index contributed by atoms with van der Waals surface area (Å²) < 4.78 is 5.67. The third-order valence-electron chi connectivity index (χ3n) is 3.34. The van der Waals surface area contributed by atoms with Gasteiger partial charge in [-0.2, -0.15) is 0 Å². The molecule has 2 rings (SSSR count). The van der Waals surface area contributed by atoms with E-state index in [9.17, 15) is 4.79 Å². The lowest BCUT2D eigenvalue weighted by Crippen LogP contribution is -2.52. The third-order valence-corrected chi connectivity index (χ3v) is 3.34. The summed E-state index contributed by atoms with van der Waals surface area (Å²) in [5.41, 5.74) is 0.931. The SMILES string of the molecule is CCOC(C(=O)N1CCNC(C)C1)c1ccccc1.Cl. The summed E-state index contributed by atoms with van der Waals surface area (Å²) in [5.74, 6) is 0.0707. The minimum atomic E-state index is -0.475. The topological polar surface area (TPSA) is 41.6 Å². The first-order valence-electron chi connectivity index (χ1n) is 6.91. The number of halogens is 1. The zero-order valence-corrected chi connectivity index (χ0v) is 12.9. The number of benzene rings is 1. The zero-order valence-electron chi connectivity index (χ0n) is 12.0. The second-order valence-corrected chi connectivity index (χ2v) is 4.89. The van der Waals surface area contributed by atoms with Crippen LogP contribution < -0.4 is 5.32 Å². The Kier molecular flexibility index (Phi) is 6.99. The van der Waals surface area contributed by atoms with E-state index in [0.717, 1.165) is 25.2 Å². The standard InChI is InChI=1S/C15H22N2O2.ClH/c1-3-19-14(13-7-5-4-6-8-13)15(18)17-10-9-16-12(2)11-17;/h4-8,12,14,16H,3,9-11H2,1-2H3;1H. The van der Waals surface area contributed by atoms with E-state index < -0.39 is 6.10 Å². The summed E-state index contributed by atoms with van der Waals surface area (Å²) in [4.78, 5) is 14.5. The largest absolute Gasteiger partial charge is 0.364 e. The first-order chi connectivity index (χ1) is 9.22. The molecule has 4 nitrogen and oxygen atoms in total. The van der Waals surface area contributed by atoms with E-state index in [4.69, 9.17) is 4.74 Å². The molecule has 20 heavy (non-hydrogen) atoms. The van der Waals surface area contributed by atoms with Gasteiger partial charge in [-0.3, -0.25) is 4.79 Å². The minimum absolute atomic E-state index is 0. The molecule has 1 saturated heterocycles. The molecule has 5 heteroatoms. The van der Waals surface area contributed by atoms with Crippen molar-refractivity contribution in [1.82, 2.24) is 10.2 Å². The number of carbonyl (C=O) groups excluding carboxylic acids is 1. The van der Waals surface area contributed by atoms with Gasteiger partial charge >= 0.3 is 0 Å². The van der Waals surface area contributed by atoms with Crippen molar-refractivity contribution < 1.29 is 9.53 Å². The Morgan fingerprint density at radius 1 is 1.45 bits per heavy atom. The molecule has 1 aliphatic rings. The smallest absolute Gasteiger partial charge is 0.256 e. The Morgan fingerprint density at radius 2 is 2.15 bits per heavy atom. The van der Waals surface area contributed by atoms with Crippen molar-refractivity contribution in [2.75, 3.05) is 26.2 Å². The Balaban J connectivity index is 0.00000200. The Labute approximate surface area is 126 Å². The highest BCUT2D eigenvalue weighted by Crippen LogP contribution is 2.20. The second-order valence-electron chi connectivity index (χ2n) is 4.89. The number of piperazine rings is 1. The average molecular weight is 299 g/mol. The van der Waals surface area contributed by atoms with Crippen LogP contribution in [-0.4, -0.2) is 43.1 Å². The summed E-state index contributed by atoms with van der Waals surface area (Å²) >= 11 is 0. The van der Waals surface area contributed by atoms with Gasteiger partial charge in [-0.15, -0.1) is 12.4 Å². The van der Waals surface area contributed by atoms with Crippen molar-refractivity contribution in [3.8, 4) is 0 Å². The van der Waals surface area contributed by atoms with Gasteiger partial charge in [-0.1, -0.05) is 30.3 Å². The minimum Gasteiger partial charge on any atom is -0.364 e. The molecule has 1 aromatic rings. The zero-order chi connectivity index (χ0) is 13.7. The molecule has 0 aromatic heterocycles. The normalized spacial score (nSPS) is 20.1. The van der Waals surface area contributed by atoms with Crippen LogP contribution in [0.4, 0.5) is 0 Å². The molecule has 0 aliphatic carbocycles. The third kappa shape index (κ3) is 4.20. The molecule has 0 saturated carbocycles. The second kappa shape index (κ2) is 8.25. The number of ether oxygens (including phenoxy) is 1. The molecule has 2 unspecified atom stereocenters. The van der Waals surface area contributed by atoms with Gasteiger partial charge < -0.3 is 15.0 Å². The van der Waals surface area contributed by atoms with Gasteiger partial charge in [0.1, 0.15) is 0 Å². The molecule has 0 radical (unpaired) electrons. The maximum Gasteiger partial charge on any atom is 0.256 e. The molecule has 1 aromatic carbocycles. The molecule has 2 atom stereocenters. The predicted molar refractivity (Wildman–Crippen MR) is 82.1 cm³/mol. The lowest BCUT2D eigenvalue weighted by molar-refractivity contribution is -0.145. The van der Waals surface area contributed by atoms with E-state index in [1.54, 1.807) is 0 Å². The summed E-state index contributed by atoms with van der Waals surface area (Å²) in [6.07, 6.45) is -0.475. The summed E-state index contributed by atoms with van der Waals surface area (Å²) in [5, 5.41) is 3.34. The van der Waals surface area contributed by atoms with Crippen LogP contribution in [0, 0.1) is 0 Å². The number of hydrogen-bond donors (Lipinski definition) is 1. The number of rotatable bonds is 4. The first kappa shape index (κ1) is 17.0. The van der Waals surface area contributed by atoms with E-state index >= 15 is 0 Å². The number of hydrogen-bond acceptors (Lipinski definition) is 3. The van der Waals surface area contributed by atoms with E-state index in [2.05, 4.69) is 12.2 Å². The van der Waals surface area contributed by atoms with Gasteiger partial charge in [-0.05, 0) is 19.4 Å². The van der Waals surface area contributed by atoms with E-state index in [1.807, 2.05) is 42.2 Å². The quantitative estimate of drug-likeness (QED) is 0.924. The van der Waals surface area contributed by atoms with Gasteiger partial charge in [0.2, 0.25) is 0 Å². The molecule has 112 valence electrons. The monoisotopic (exact) mass is 298 g/mol. The van der Waals surface area contributed by atoms with Crippen LogP contribution in [0.5, 0.6) is 0 Å². The molecule has 1 amide bonds. The van der Waals surface area contributed by atoms with Crippen LogP contribution in [0.15, 0.2) is 30.3 Å². The fraction of sp³-hybridized carbons (Fsp3) is 0.533. The van der Waals surface area contributed by atoms with Crippen LogP contribution in [-0.2, 0) is 9.53 Å². The van der Waals surface area contributed by atoms with Crippen LogP contribution in [0.2, 0.25) is 0 Å². The Bertz CT molecular complexity index is 414. The van der Waals surface area contributed by atoms with Gasteiger partial charge in [0.05, 0.1) is 0 Å². The van der Waals surface area contributed by atoms with Crippen LogP contribution >= 0.6 is 12.4 Å². The lowest BCUT2D eigenvalue weighted by Gasteiger charge is -2.34. The maximum atomic E-state index is 12.6. The predicted octanol–water partition coefficient (Wildman–Crippen LogP) is 2.01. The molecule has 1 fully saturated rings. The number of amides is 1. The van der Waals surface area contributed by atoms with Gasteiger partial charge in [0, 0.05) is 32.3 Å². The number of carbonyl (C=O) groups is 1. The van der Waals surface area contributed by atoms with Gasteiger partial charge in [0.15, 0.2) is 6.10 Å². The van der Waals surface area contributed by atoms with Crippen molar-refractivity contribution in [3.05, 3.63) is 35.9 Å². The van der Waals surface area contributed by atoms with E-state index in [1.165, 1.54) is 0 Å². The lowest BCUT2D eigenvalue weighted by atomic mass is 10.1. The summed E-state index contributed by atoms with van der Waals surface area (Å²) in [6, 6.07) is 10.1. The Morgan fingerprint density at radius 3 is 2.75 bits per heavy atom. The number of nitrogens with zero attached hydrogens (tertiary/aromatic N) is 1. The maximum absolute atomic E-state index is 12.6. The molecule has 1 heterocycles. The fourth-order valence-corrected chi connectivity index (χ4v) is 2.40.